The number of amides is 2. The SMILES string of the molecule is O=C(O)CC1(NC(=O)CN2CCCC2=O)CCC1. The van der Waals surface area contributed by atoms with E-state index in [2.05, 4.69) is 5.32 Å². The predicted molar refractivity (Wildman–Crippen MR) is 62.8 cm³/mol. The lowest BCUT2D eigenvalue weighted by atomic mass is 9.74. The molecular weight excluding hydrogens is 236 g/mol. The van der Waals surface area contributed by atoms with Gasteiger partial charge in [0.1, 0.15) is 0 Å². The van der Waals surface area contributed by atoms with Gasteiger partial charge < -0.3 is 15.3 Å². The monoisotopic (exact) mass is 254 g/mol. The highest BCUT2D eigenvalue weighted by atomic mass is 16.4. The van der Waals surface area contributed by atoms with Crippen LogP contribution in [0.15, 0.2) is 0 Å². The maximum absolute atomic E-state index is 11.8. The van der Waals surface area contributed by atoms with Crippen molar-refractivity contribution in [3.63, 3.8) is 0 Å². The summed E-state index contributed by atoms with van der Waals surface area (Å²) in [6, 6.07) is 0. The summed E-state index contributed by atoms with van der Waals surface area (Å²) in [7, 11) is 0. The second kappa shape index (κ2) is 4.96. The van der Waals surface area contributed by atoms with Crippen LogP contribution in [0.3, 0.4) is 0 Å². The Labute approximate surface area is 105 Å². The van der Waals surface area contributed by atoms with Crippen molar-refractivity contribution in [2.75, 3.05) is 13.1 Å². The number of carbonyl (C=O) groups is 3. The number of likely N-dealkylation sites (tertiary alicyclic amines) is 1. The molecule has 0 aromatic heterocycles. The average Bonchev–Trinajstić information content (AvgIpc) is 2.60. The molecule has 2 N–H and O–H groups in total. The number of carbonyl (C=O) groups excluding carboxylic acids is 2. The molecule has 6 nitrogen and oxygen atoms in total. The second-order valence-corrected chi connectivity index (χ2v) is 5.17. The minimum Gasteiger partial charge on any atom is -0.481 e. The Morgan fingerprint density at radius 1 is 1.33 bits per heavy atom. The number of nitrogens with one attached hydrogen (secondary N) is 1. The van der Waals surface area contributed by atoms with E-state index < -0.39 is 11.5 Å². The predicted octanol–water partition coefficient (Wildman–Crippen LogP) is 0.122. The molecule has 0 radical (unpaired) electrons. The number of nitrogens with zero attached hydrogens (tertiary/aromatic N) is 1. The molecule has 1 aliphatic carbocycles. The molecule has 0 bridgehead atoms. The van der Waals surface area contributed by atoms with Crippen molar-refractivity contribution in [3.8, 4) is 0 Å². The molecule has 2 aliphatic rings. The first kappa shape index (κ1) is 12.9. The highest BCUT2D eigenvalue weighted by Crippen LogP contribution is 2.34. The lowest BCUT2D eigenvalue weighted by Crippen LogP contribution is -2.56. The Bertz CT molecular complexity index is 376. The lowest BCUT2D eigenvalue weighted by molar-refractivity contribution is -0.141. The summed E-state index contributed by atoms with van der Waals surface area (Å²) in [4.78, 5) is 35.5. The molecule has 0 aromatic rings. The van der Waals surface area contributed by atoms with Crippen LogP contribution in [0.1, 0.15) is 38.5 Å². The molecule has 1 aliphatic heterocycles. The van der Waals surface area contributed by atoms with E-state index in [0.29, 0.717) is 25.8 Å². The molecule has 0 unspecified atom stereocenters. The summed E-state index contributed by atoms with van der Waals surface area (Å²) >= 11 is 0. The minimum atomic E-state index is -0.896. The van der Waals surface area contributed by atoms with Gasteiger partial charge in [0, 0.05) is 13.0 Å². The smallest absolute Gasteiger partial charge is 0.305 e. The molecule has 6 heteroatoms. The van der Waals surface area contributed by atoms with Crippen molar-refractivity contribution in [2.24, 2.45) is 0 Å². The highest BCUT2D eigenvalue weighted by Gasteiger charge is 2.40. The van der Waals surface area contributed by atoms with E-state index in [1.165, 1.54) is 4.90 Å². The van der Waals surface area contributed by atoms with Gasteiger partial charge >= 0.3 is 5.97 Å². The topological polar surface area (TPSA) is 86.7 Å². The molecule has 2 rings (SSSR count). The van der Waals surface area contributed by atoms with Crippen LogP contribution < -0.4 is 5.32 Å². The number of aliphatic carboxylic acids is 1. The first-order valence-corrected chi connectivity index (χ1v) is 6.31. The maximum atomic E-state index is 11.8. The molecule has 18 heavy (non-hydrogen) atoms. The normalized spacial score (nSPS) is 21.6. The number of hydrogen-bond acceptors (Lipinski definition) is 3. The van der Waals surface area contributed by atoms with Crippen LogP contribution >= 0.6 is 0 Å². The van der Waals surface area contributed by atoms with Crippen molar-refractivity contribution in [3.05, 3.63) is 0 Å². The van der Waals surface area contributed by atoms with Gasteiger partial charge in [-0.1, -0.05) is 0 Å². The molecule has 2 fully saturated rings. The lowest BCUT2D eigenvalue weighted by Gasteiger charge is -2.41. The first-order chi connectivity index (χ1) is 8.51. The third-order valence-corrected chi connectivity index (χ3v) is 3.71. The van der Waals surface area contributed by atoms with Crippen LogP contribution in [-0.4, -0.2) is 46.4 Å². The van der Waals surface area contributed by atoms with Crippen LogP contribution in [0.5, 0.6) is 0 Å². The van der Waals surface area contributed by atoms with Gasteiger partial charge in [0.25, 0.3) is 0 Å². The van der Waals surface area contributed by atoms with Crippen LogP contribution in [0.4, 0.5) is 0 Å². The van der Waals surface area contributed by atoms with Crippen molar-refractivity contribution in [2.45, 2.75) is 44.1 Å². The molecule has 0 atom stereocenters. The van der Waals surface area contributed by atoms with Crippen LogP contribution in [0.2, 0.25) is 0 Å². The number of carboxylic acids is 1. The summed E-state index contributed by atoms with van der Waals surface area (Å²) in [6.45, 7) is 0.679. The molecule has 2 amide bonds. The van der Waals surface area contributed by atoms with Gasteiger partial charge in [0.05, 0.1) is 18.5 Å². The second-order valence-electron chi connectivity index (χ2n) is 5.17. The molecule has 1 saturated carbocycles. The summed E-state index contributed by atoms with van der Waals surface area (Å²) in [5, 5.41) is 11.6. The molecule has 0 aromatic carbocycles. The van der Waals surface area contributed by atoms with E-state index in [-0.39, 0.29) is 24.8 Å². The number of carboxylic acid groups (broad SMARTS) is 1. The molecular formula is C12H18N2O4. The van der Waals surface area contributed by atoms with E-state index in [0.717, 1.165) is 12.8 Å². The zero-order valence-electron chi connectivity index (χ0n) is 10.3. The fourth-order valence-corrected chi connectivity index (χ4v) is 2.62. The van der Waals surface area contributed by atoms with Gasteiger partial charge in [0.2, 0.25) is 11.8 Å². The van der Waals surface area contributed by atoms with Gasteiger partial charge in [-0.05, 0) is 25.7 Å². The highest BCUT2D eigenvalue weighted by molar-refractivity contribution is 5.86. The summed E-state index contributed by atoms with van der Waals surface area (Å²) in [5.41, 5.74) is -0.578. The van der Waals surface area contributed by atoms with Crippen molar-refractivity contribution < 1.29 is 19.5 Å². The van der Waals surface area contributed by atoms with Crippen LogP contribution in [-0.2, 0) is 14.4 Å². The van der Waals surface area contributed by atoms with Crippen LogP contribution in [0.25, 0.3) is 0 Å². The summed E-state index contributed by atoms with van der Waals surface area (Å²) in [5.74, 6) is -1.13. The van der Waals surface area contributed by atoms with Gasteiger partial charge in [-0.25, -0.2) is 0 Å². The standard InChI is InChI=1S/C12H18N2O4/c15-9(8-14-6-1-3-10(14)16)13-12(4-2-5-12)7-11(17)18/h1-8H2,(H,13,15)(H,17,18). The fraction of sp³-hybridized carbons (Fsp3) is 0.750. The van der Waals surface area contributed by atoms with E-state index in [1.807, 2.05) is 0 Å². The van der Waals surface area contributed by atoms with E-state index in [4.69, 9.17) is 5.11 Å². The summed E-state index contributed by atoms with van der Waals surface area (Å²) < 4.78 is 0. The molecule has 1 saturated heterocycles. The Morgan fingerprint density at radius 3 is 2.50 bits per heavy atom. The number of hydrogen-bond donors (Lipinski definition) is 2. The van der Waals surface area contributed by atoms with Crippen LogP contribution in [0, 0.1) is 0 Å². The zero-order valence-corrected chi connectivity index (χ0v) is 10.3. The van der Waals surface area contributed by atoms with Gasteiger partial charge in [0.15, 0.2) is 0 Å². The van der Waals surface area contributed by atoms with Gasteiger partial charge in [-0.3, -0.25) is 14.4 Å². The Morgan fingerprint density at radius 2 is 2.06 bits per heavy atom. The van der Waals surface area contributed by atoms with E-state index in [1.54, 1.807) is 0 Å². The first-order valence-electron chi connectivity index (χ1n) is 6.31. The maximum Gasteiger partial charge on any atom is 0.305 e. The van der Waals surface area contributed by atoms with E-state index >= 15 is 0 Å². The summed E-state index contributed by atoms with van der Waals surface area (Å²) in [6.07, 6.45) is 3.63. The largest absolute Gasteiger partial charge is 0.481 e. The Kier molecular flexibility index (Phi) is 3.54. The molecule has 0 spiro atoms. The van der Waals surface area contributed by atoms with Crippen molar-refractivity contribution >= 4 is 17.8 Å². The quantitative estimate of drug-likeness (QED) is 0.729. The van der Waals surface area contributed by atoms with E-state index in [9.17, 15) is 14.4 Å². The third-order valence-electron chi connectivity index (χ3n) is 3.71. The molecule has 1 heterocycles. The molecule has 100 valence electrons. The Hall–Kier alpha value is -1.59. The number of rotatable bonds is 5. The zero-order chi connectivity index (χ0) is 13.2. The van der Waals surface area contributed by atoms with Crippen molar-refractivity contribution in [1.29, 1.82) is 0 Å². The Balaban J connectivity index is 1.86. The average molecular weight is 254 g/mol. The van der Waals surface area contributed by atoms with Crippen molar-refractivity contribution in [1.82, 2.24) is 10.2 Å². The third kappa shape index (κ3) is 2.80. The van der Waals surface area contributed by atoms with Gasteiger partial charge in [-0.15, -0.1) is 0 Å². The minimum absolute atomic E-state index is 0.00560. The fourth-order valence-electron chi connectivity index (χ4n) is 2.62. The van der Waals surface area contributed by atoms with Gasteiger partial charge in [-0.2, -0.15) is 0 Å².